The molecule has 2 atom stereocenters. The summed E-state index contributed by atoms with van der Waals surface area (Å²) in [5.41, 5.74) is 0. The van der Waals surface area contributed by atoms with Crippen LogP contribution in [0.25, 0.3) is 0 Å². The summed E-state index contributed by atoms with van der Waals surface area (Å²) in [6, 6.07) is 4.36. The molecule has 2 N–H and O–H groups in total. The number of Topliss-reactive ketones (excluding diaryl/α,β-unsaturated/α-hetero) is 1. The van der Waals surface area contributed by atoms with Gasteiger partial charge < -0.3 is 10.6 Å². The molecule has 2 rings (SSSR count). The van der Waals surface area contributed by atoms with Crippen LogP contribution in [0.1, 0.15) is 42.3 Å². The van der Waals surface area contributed by atoms with Gasteiger partial charge in [0.15, 0.2) is 5.78 Å². The topological polar surface area (TPSA) is 58.2 Å². The van der Waals surface area contributed by atoms with Gasteiger partial charge >= 0.3 is 0 Å². The molecule has 1 aromatic heterocycles. The first-order valence-electron chi connectivity index (χ1n) is 6.74. The number of thiophene rings is 1. The molecule has 2 unspecified atom stereocenters. The molecule has 0 radical (unpaired) electrons. The van der Waals surface area contributed by atoms with Gasteiger partial charge in [0, 0.05) is 24.9 Å². The smallest absolute Gasteiger partial charge is 0.220 e. The molecule has 112 valence electrons. The van der Waals surface area contributed by atoms with E-state index >= 15 is 0 Å². The lowest BCUT2D eigenvalue weighted by Crippen LogP contribution is -2.46. The lowest BCUT2D eigenvalue weighted by atomic mass is 10.0. The maximum atomic E-state index is 11.8. The fourth-order valence-electron chi connectivity index (χ4n) is 2.35. The number of ketones is 1. The maximum Gasteiger partial charge on any atom is 0.220 e. The molecule has 2 heterocycles. The van der Waals surface area contributed by atoms with E-state index in [0.29, 0.717) is 12.5 Å². The lowest BCUT2D eigenvalue weighted by Gasteiger charge is -2.28. The number of carbonyl (C=O) groups is 2. The van der Waals surface area contributed by atoms with E-state index < -0.39 is 0 Å². The minimum Gasteiger partial charge on any atom is -0.353 e. The number of piperidine rings is 1. The Morgan fingerprint density at radius 1 is 1.45 bits per heavy atom. The standard InChI is InChI=1S/C14H20N2O2S.ClH/c1-10-9-11(6-7-15-10)16-14(18)5-4-12(17)13-3-2-8-19-13;/h2-3,8,10-11,15H,4-7,9H2,1H3,(H,16,18);1H. The van der Waals surface area contributed by atoms with Crippen molar-refractivity contribution in [1.29, 1.82) is 0 Å². The van der Waals surface area contributed by atoms with Gasteiger partial charge in [-0.3, -0.25) is 9.59 Å². The number of hydrogen-bond donors (Lipinski definition) is 2. The summed E-state index contributed by atoms with van der Waals surface area (Å²) in [7, 11) is 0. The Labute approximate surface area is 129 Å². The summed E-state index contributed by atoms with van der Waals surface area (Å²) in [5, 5.41) is 8.25. The van der Waals surface area contributed by atoms with E-state index in [1.54, 1.807) is 6.07 Å². The molecular weight excluding hydrogens is 296 g/mol. The average molecular weight is 317 g/mol. The number of halogens is 1. The highest BCUT2D eigenvalue weighted by atomic mass is 35.5. The van der Waals surface area contributed by atoms with E-state index in [1.807, 2.05) is 11.4 Å². The fourth-order valence-corrected chi connectivity index (χ4v) is 3.04. The highest BCUT2D eigenvalue weighted by Crippen LogP contribution is 2.13. The molecule has 1 saturated heterocycles. The van der Waals surface area contributed by atoms with Crippen molar-refractivity contribution >= 4 is 35.4 Å². The molecule has 1 aliphatic heterocycles. The van der Waals surface area contributed by atoms with Crippen LogP contribution in [0, 0.1) is 0 Å². The van der Waals surface area contributed by atoms with Crippen LogP contribution in [0.3, 0.4) is 0 Å². The summed E-state index contributed by atoms with van der Waals surface area (Å²) in [6.07, 6.45) is 2.52. The Morgan fingerprint density at radius 3 is 2.90 bits per heavy atom. The number of carbonyl (C=O) groups excluding carboxylic acids is 2. The van der Waals surface area contributed by atoms with Gasteiger partial charge in [-0.05, 0) is 37.8 Å². The molecule has 4 nitrogen and oxygen atoms in total. The van der Waals surface area contributed by atoms with Crippen molar-refractivity contribution in [3.05, 3.63) is 22.4 Å². The zero-order chi connectivity index (χ0) is 13.7. The van der Waals surface area contributed by atoms with Crippen molar-refractivity contribution < 1.29 is 9.59 Å². The zero-order valence-electron chi connectivity index (χ0n) is 11.6. The normalized spacial score (nSPS) is 21.9. The van der Waals surface area contributed by atoms with Crippen LogP contribution < -0.4 is 10.6 Å². The van der Waals surface area contributed by atoms with Gasteiger partial charge in [-0.25, -0.2) is 0 Å². The van der Waals surface area contributed by atoms with Gasteiger partial charge in [-0.1, -0.05) is 6.07 Å². The van der Waals surface area contributed by atoms with Crippen LogP contribution >= 0.6 is 23.7 Å². The largest absolute Gasteiger partial charge is 0.353 e. The number of amides is 1. The molecule has 0 aliphatic carbocycles. The van der Waals surface area contributed by atoms with Crippen LogP contribution in [0.5, 0.6) is 0 Å². The van der Waals surface area contributed by atoms with E-state index in [4.69, 9.17) is 0 Å². The van der Waals surface area contributed by atoms with E-state index in [1.165, 1.54) is 11.3 Å². The summed E-state index contributed by atoms with van der Waals surface area (Å²) >= 11 is 1.43. The number of hydrogen-bond acceptors (Lipinski definition) is 4. The molecule has 0 aromatic carbocycles. The molecule has 1 fully saturated rings. The van der Waals surface area contributed by atoms with Crippen LogP contribution in [0.4, 0.5) is 0 Å². The molecule has 1 aliphatic rings. The Hall–Kier alpha value is -0.910. The Balaban J connectivity index is 0.00000200. The second-order valence-electron chi connectivity index (χ2n) is 5.04. The molecular formula is C14H21ClN2O2S. The molecule has 1 amide bonds. The second kappa shape index (κ2) is 8.39. The predicted molar refractivity (Wildman–Crippen MR) is 83.8 cm³/mol. The van der Waals surface area contributed by atoms with E-state index in [-0.39, 0.29) is 36.6 Å². The molecule has 6 heteroatoms. The number of nitrogens with one attached hydrogen (secondary N) is 2. The average Bonchev–Trinajstić information content (AvgIpc) is 2.90. The third-order valence-corrected chi connectivity index (χ3v) is 4.27. The zero-order valence-corrected chi connectivity index (χ0v) is 13.2. The molecule has 20 heavy (non-hydrogen) atoms. The van der Waals surface area contributed by atoms with Crippen molar-refractivity contribution in [2.45, 2.75) is 44.7 Å². The number of rotatable bonds is 5. The van der Waals surface area contributed by atoms with Crippen LogP contribution in [0.2, 0.25) is 0 Å². The minimum absolute atomic E-state index is 0. The fraction of sp³-hybridized carbons (Fsp3) is 0.571. The molecule has 1 aromatic rings. The van der Waals surface area contributed by atoms with E-state index in [0.717, 1.165) is 24.3 Å². The van der Waals surface area contributed by atoms with Crippen molar-refractivity contribution in [3.63, 3.8) is 0 Å². The van der Waals surface area contributed by atoms with Gasteiger partial charge in [0.1, 0.15) is 0 Å². The van der Waals surface area contributed by atoms with Crippen LogP contribution in [-0.4, -0.2) is 30.3 Å². The summed E-state index contributed by atoms with van der Waals surface area (Å²) in [6.45, 7) is 3.07. The Bertz CT molecular complexity index is 436. The second-order valence-corrected chi connectivity index (χ2v) is 5.99. The van der Waals surface area contributed by atoms with Gasteiger partial charge in [0.25, 0.3) is 0 Å². The first-order chi connectivity index (χ1) is 9.15. The highest BCUT2D eigenvalue weighted by Gasteiger charge is 2.20. The molecule has 0 spiro atoms. The van der Waals surface area contributed by atoms with Crippen LogP contribution in [0.15, 0.2) is 17.5 Å². The van der Waals surface area contributed by atoms with E-state index in [9.17, 15) is 9.59 Å². The van der Waals surface area contributed by atoms with Crippen LogP contribution in [-0.2, 0) is 4.79 Å². The SMILES string of the molecule is CC1CC(NC(=O)CCC(=O)c2cccs2)CCN1.Cl. The van der Waals surface area contributed by atoms with Crippen molar-refractivity contribution in [2.75, 3.05) is 6.54 Å². The van der Waals surface area contributed by atoms with Crippen molar-refractivity contribution in [1.82, 2.24) is 10.6 Å². The monoisotopic (exact) mass is 316 g/mol. The molecule has 0 bridgehead atoms. The highest BCUT2D eigenvalue weighted by molar-refractivity contribution is 7.12. The minimum atomic E-state index is -0.0102. The lowest BCUT2D eigenvalue weighted by molar-refractivity contribution is -0.122. The van der Waals surface area contributed by atoms with Gasteiger partial charge in [0.2, 0.25) is 5.91 Å². The van der Waals surface area contributed by atoms with Gasteiger partial charge in [0.05, 0.1) is 4.88 Å². The third-order valence-electron chi connectivity index (χ3n) is 3.36. The van der Waals surface area contributed by atoms with Gasteiger partial charge in [-0.15, -0.1) is 23.7 Å². The quantitative estimate of drug-likeness (QED) is 0.820. The first-order valence-corrected chi connectivity index (χ1v) is 7.62. The predicted octanol–water partition coefficient (Wildman–Crippen LogP) is 2.39. The summed E-state index contributed by atoms with van der Waals surface area (Å²) in [5.74, 6) is 0.0489. The van der Waals surface area contributed by atoms with Gasteiger partial charge in [-0.2, -0.15) is 0 Å². The third kappa shape index (κ3) is 5.23. The summed E-state index contributed by atoms with van der Waals surface area (Å²) in [4.78, 5) is 24.3. The van der Waals surface area contributed by atoms with Crippen molar-refractivity contribution in [3.8, 4) is 0 Å². The van der Waals surface area contributed by atoms with Crippen molar-refractivity contribution in [2.24, 2.45) is 0 Å². The maximum absolute atomic E-state index is 11.8. The summed E-state index contributed by atoms with van der Waals surface area (Å²) < 4.78 is 0. The Kier molecular flexibility index (Phi) is 7.19. The first kappa shape index (κ1) is 17.1. The molecule has 0 saturated carbocycles. The van der Waals surface area contributed by atoms with E-state index in [2.05, 4.69) is 17.6 Å². The Morgan fingerprint density at radius 2 is 2.25 bits per heavy atom.